The van der Waals surface area contributed by atoms with Gasteiger partial charge in [-0.3, -0.25) is 4.57 Å². The molecule has 5 N–H and O–H groups in total. The highest BCUT2D eigenvalue weighted by atomic mass is 16.6. The first-order chi connectivity index (χ1) is 13.6. The minimum atomic E-state index is -1.38. The highest BCUT2D eigenvalue weighted by Gasteiger charge is 2.61. The average molecular weight is 383 g/mol. The van der Waals surface area contributed by atoms with Gasteiger partial charge >= 0.3 is 0 Å². The minimum absolute atomic E-state index is 0.220. The minimum Gasteiger partial charge on any atom is -0.394 e. The highest BCUT2D eigenvalue weighted by Crippen LogP contribution is 2.52. The van der Waals surface area contributed by atoms with Crippen LogP contribution < -0.4 is 5.73 Å². The number of aliphatic hydroxyl groups excluding tert-OH is 3. The van der Waals surface area contributed by atoms with Crippen LogP contribution in [0.2, 0.25) is 0 Å². The van der Waals surface area contributed by atoms with Crippen molar-refractivity contribution in [2.24, 2.45) is 0 Å². The predicted molar refractivity (Wildman–Crippen MR) is 99.2 cm³/mol. The fourth-order valence-electron chi connectivity index (χ4n) is 4.73. The topological polar surface area (TPSA) is 140 Å². The van der Waals surface area contributed by atoms with Crippen molar-refractivity contribution in [3.63, 3.8) is 0 Å². The standard InChI is InChI=1S/C19H21N5O4/c20-17-14-18(22-8-21-17)24(9-23-14)19(16(27)15(26)13(7-25)28-19)12-6-5-10-3-1-2-4-11(10)12/h1-4,8-9,12-13,15-16,25-27H,5-7H2,(H2,20,21,22)/t12-,13-,15-,16-,19-/m1/s1. The molecule has 9 nitrogen and oxygen atoms in total. The van der Waals surface area contributed by atoms with Crippen LogP contribution in [0.25, 0.3) is 11.2 Å². The largest absolute Gasteiger partial charge is 0.394 e. The fraction of sp³-hybridized carbons (Fsp3) is 0.421. The second-order valence-corrected chi connectivity index (χ2v) is 7.36. The molecule has 1 aromatic carbocycles. The van der Waals surface area contributed by atoms with Crippen LogP contribution >= 0.6 is 0 Å². The quantitative estimate of drug-likeness (QED) is 0.492. The van der Waals surface area contributed by atoms with Gasteiger partial charge < -0.3 is 25.8 Å². The number of anilines is 1. The second-order valence-electron chi connectivity index (χ2n) is 7.36. The summed E-state index contributed by atoms with van der Waals surface area (Å²) in [5.74, 6) is -0.0454. The van der Waals surface area contributed by atoms with Crippen LogP contribution in [0.3, 0.4) is 0 Å². The molecule has 5 rings (SSSR count). The first-order valence-electron chi connectivity index (χ1n) is 9.24. The van der Waals surface area contributed by atoms with Crippen LogP contribution in [0.5, 0.6) is 0 Å². The molecule has 1 saturated heterocycles. The summed E-state index contributed by atoms with van der Waals surface area (Å²) in [6.07, 6.45) is 0.882. The Balaban J connectivity index is 1.76. The molecule has 0 saturated carbocycles. The van der Waals surface area contributed by atoms with Gasteiger partial charge in [-0.25, -0.2) is 15.0 Å². The first kappa shape index (κ1) is 17.5. The summed E-state index contributed by atoms with van der Waals surface area (Å²) in [6, 6.07) is 7.98. The molecule has 0 unspecified atom stereocenters. The molecule has 2 aromatic heterocycles. The van der Waals surface area contributed by atoms with Crippen LogP contribution in [0.15, 0.2) is 36.9 Å². The molecular formula is C19H21N5O4. The number of rotatable bonds is 3. The Morgan fingerprint density at radius 2 is 2.04 bits per heavy atom. The van der Waals surface area contributed by atoms with E-state index >= 15 is 0 Å². The highest BCUT2D eigenvalue weighted by molar-refractivity contribution is 5.81. The number of aryl methyl sites for hydroxylation is 1. The van der Waals surface area contributed by atoms with Gasteiger partial charge in [0, 0.05) is 5.92 Å². The normalized spacial score (nSPS) is 32.1. The maximum atomic E-state index is 11.2. The molecule has 3 aromatic rings. The number of nitrogen functional groups attached to an aromatic ring is 1. The summed E-state index contributed by atoms with van der Waals surface area (Å²) in [5, 5.41) is 31.5. The molecule has 0 bridgehead atoms. The van der Waals surface area contributed by atoms with Crippen LogP contribution in [0.1, 0.15) is 23.5 Å². The summed E-state index contributed by atoms with van der Waals surface area (Å²) < 4.78 is 7.86. The van der Waals surface area contributed by atoms with E-state index < -0.39 is 30.6 Å². The smallest absolute Gasteiger partial charge is 0.183 e. The van der Waals surface area contributed by atoms with E-state index in [4.69, 9.17) is 10.5 Å². The molecule has 28 heavy (non-hydrogen) atoms. The number of hydrogen-bond acceptors (Lipinski definition) is 8. The van der Waals surface area contributed by atoms with Gasteiger partial charge in [0.2, 0.25) is 0 Å². The van der Waals surface area contributed by atoms with E-state index in [-0.39, 0.29) is 11.7 Å². The van der Waals surface area contributed by atoms with Crippen molar-refractivity contribution in [1.29, 1.82) is 0 Å². The van der Waals surface area contributed by atoms with Crippen molar-refractivity contribution in [3.8, 4) is 0 Å². The Morgan fingerprint density at radius 3 is 2.82 bits per heavy atom. The fourth-order valence-corrected chi connectivity index (χ4v) is 4.73. The Kier molecular flexibility index (Phi) is 3.88. The Morgan fingerprint density at radius 1 is 1.21 bits per heavy atom. The molecule has 5 atom stereocenters. The van der Waals surface area contributed by atoms with Gasteiger partial charge in [0.05, 0.1) is 12.9 Å². The number of nitrogens with two attached hydrogens (primary N) is 1. The summed E-state index contributed by atoms with van der Waals surface area (Å²) in [4.78, 5) is 12.6. The molecule has 0 spiro atoms. The summed E-state index contributed by atoms with van der Waals surface area (Å²) in [7, 11) is 0. The van der Waals surface area contributed by atoms with Gasteiger partial charge in [-0.05, 0) is 24.0 Å². The van der Waals surface area contributed by atoms with Crippen LogP contribution in [-0.4, -0.2) is 59.8 Å². The third-order valence-electron chi connectivity index (χ3n) is 6.02. The van der Waals surface area contributed by atoms with Crippen LogP contribution in [-0.2, 0) is 16.9 Å². The Bertz CT molecular complexity index is 1040. The van der Waals surface area contributed by atoms with Crippen molar-refractivity contribution < 1.29 is 20.1 Å². The van der Waals surface area contributed by atoms with Crippen molar-refractivity contribution in [2.45, 2.75) is 42.8 Å². The van der Waals surface area contributed by atoms with E-state index in [1.165, 1.54) is 18.2 Å². The van der Waals surface area contributed by atoms with Crippen LogP contribution in [0, 0.1) is 0 Å². The number of benzene rings is 1. The summed E-state index contributed by atoms with van der Waals surface area (Å²) in [5.41, 5.74) is 7.56. The van der Waals surface area contributed by atoms with E-state index in [0.29, 0.717) is 17.6 Å². The third kappa shape index (κ3) is 2.18. The average Bonchev–Trinajstić information content (AvgIpc) is 3.39. The zero-order chi connectivity index (χ0) is 19.5. The molecular weight excluding hydrogens is 362 g/mol. The van der Waals surface area contributed by atoms with E-state index in [1.807, 2.05) is 18.2 Å². The van der Waals surface area contributed by atoms with Crippen molar-refractivity contribution in [2.75, 3.05) is 12.3 Å². The lowest BCUT2D eigenvalue weighted by molar-refractivity contribution is -0.162. The van der Waals surface area contributed by atoms with Gasteiger partial charge in [0.1, 0.15) is 30.2 Å². The van der Waals surface area contributed by atoms with Gasteiger partial charge in [0.15, 0.2) is 17.2 Å². The van der Waals surface area contributed by atoms with Gasteiger partial charge in [-0.1, -0.05) is 24.3 Å². The van der Waals surface area contributed by atoms with E-state index in [0.717, 1.165) is 12.0 Å². The predicted octanol–water partition coefficient (Wildman–Crippen LogP) is -0.0958. The Labute approximate surface area is 160 Å². The molecule has 9 heteroatoms. The van der Waals surface area contributed by atoms with E-state index in [1.54, 1.807) is 4.57 Å². The lowest BCUT2D eigenvalue weighted by atomic mass is 9.84. The molecule has 0 radical (unpaired) electrons. The van der Waals surface area contributed by atoms with Crippen molar-refractivity contribution in [1.82, 2.24) is 19.5 Å². The first-order valence-corrected chi connectivity index (χ1v) is 9.24. The number of hydrogen-bond donors (Lipinski definition) is 4. The van der Waals surface area contributed by atoms with Crippen molar-refractivity contribution in [3.05, 3.63) is 48.0 Å². The Hall–Kier alpha value is -2.59. The third-order valence-corrected chi connectivity index (χ3v) is 6.02. The molecule has 0 amide bonds. The van der Waals surface area contributed by atoms with Gasteiger partial charge in [-0.2, -0.15) is 0 Å². The lowest BCUT2D eigenvalue weighted by Crippen LogP contribution is -2.49. The number of aromatic nitrogens is 4. The van der Waals surface area contributed by atoms with Gasteiger partial charge in [-0.15, -0.1) is 0 Å². The zero-order valence-corrected chi connectivity index (χ0v) is 15.0. The number of fused-ring (bicyclic) bond motifs is 2. The monoisotopic (exact) mass is 383 g/mol. The molecule has 1 fully saturated rings. The number of imidazole rings is 1. The number of aliphatic hydroxyl groups is 3. The lowest BCUT2D eigenvalue weighted by Gasteiger charge is -2.39. The van der Waals surface area contributed by atoms with E-state index in [9.17, 15) is 15.3 Å². The maximum absolute atomic E-state index is 11.2. The second kappa shape index (κ2) is 6.21. The molecule has 2 aliphatic rings. The number of ether oxygens (including phenoxy) is 1. The number of nitrogens with zero attached hydrogens (tertiary/aromatic N) is 4. The maximum Gasteiger partial charge on any atom is 0.183 e. The molecule has 146 valence electrons. The zero-order valence-electron chi connectivity index (χ0n) is 15.0. The van der Waals surface area contributed by atoms with Crippen molar-refractivity contribution >= 4 is 17.0 Å². The SMILES string of the molecule is Nc1ncnc2c1ncn2[C@]1([C@@H]2CCc3ccccc32)O[C@H](CO)[C@@H](O)[C@H]1O. The van der Waals surface area contributed by atoms with Gasteiger partial charge in [0.25, 0.3) is 0 Å². The molecule has 1 aliphatic heterocycles. The summed E-state index contributed by atoms with van der Waals surface area (Å²) >= 11 is 0. The van der Waals surface area contributed by atoms with E-state index in [2.05, 4.69) is 21.0 Å². The molecule has 3 heterocycles. The van der Waals surface area contributed by atoms with Crippen LogP contribution in [0.4, 0.5) is 5.82 Å². The summed E-state index contributed by atoms with van der Waals surface area (Å²) in [6.45, 7) is -0.419. The molecule has 1 aliphatic carbocycles.